The Labute approximate surface area is 177 Å². The Balaban J connectivity index is 1.50. The number of benzene rings is 2. The minimum atomic E-state index is -3.96. The van der Waals surface area contributed by atoms with E-state index in [1.165, 1.54) is 12.1 Å². The first-order chi connectivity index (χ1) is 14.3. The largest absolute Gasteiger partial charge is 0.507 e. The summed E-state index contributed by atoms with van der Waals surface area (Å²) in [5.41, 5.74) is 3.56. The van der Waals surface area contributed by atoms with Gasteiger partial charge < -0.3 is 14.9 Å². The van der Waals surface area contributed by atoms with E-state index < -0.39 is 16.2 Å². The Kier molecular flexibility index (Phi) is 5.79. The van der Waals surface area contributed by atoms with E-state index in [-0.39, 0.29) is 23.7 Å². The van der Waals surface area contributed by atoms with Gasteiger partial charge in [0.2, 0.25) is 0 Å². The van der Waals surface area contributed by atoms with E-state index in [1.807, 2.05) is 6.92 Å². The van der Waals surface area contributed by atoms with Gasteiger partial charge in [-0.25, -0.2) is 0 Å². The van der Waals surface area contributed by atoms with E-state index in [2.05, 4.69) is 0 Å². The van der Waals surface area contributed by atoms with Crippen LogP contribution in [0.1, 0.15) is 59.8 Å². The zero-order valence-electron chi connectivity index (χ0n) is 17.3. The molecule has 0 amide bonds. The average Bonchev–Trinajstić information content (AvgIpc) is 2.75. The van der Waals surface area contributed by atoms with Crippen LogP contribution in [0.25, 0.3) is 0 Å². The molecule has 2 bridgehead atoms. The Morgan fingerprint density at radius 3 is 2.27 bits per heavy atom. The van der Waals surface area contributed by atoms with Crippen molar-refractivity contribution in [2.75, 3.05) is 13.7 Å². The van der Waals surface area contributed by atoms with Crippen molar-refractivity contribution in [2.45, 2.75) is 61.9 Å². The molecule has 0 aliphatic heterocycles. The summed E-state index contributed by atoms with van der Waals surface area (Å²) in [5, 5.41) is 21.4. The summed E-state index contributed by atoms with van der Waals surface area (Å²) in [6.07, 6.45) is 3.33. The monoisotopic (exact) mass is 432 g/mol. The first kappa shape index (κ1) is 21.2. The fourth-order valence-electron chi connectivity index (χ4n) is 4.82. The van der Waals surface area contributed by atoms with Crippen LogP contribution in [0, 0.1) is 6.92 Å². The lowest BCUT2D eigenvalue weighted by atomic mass is 9.66. The SMILES string of the molecule is COc1cc(CC(O)COS(=O)(=O)c2ccc(C)cc2)c(O)c2c1C1CCC2CC1. The highest BCUT2D eigenvalue weighted by Gasteiger charge is 2.38. The first-order valence-corrected chi connectivity index (χ1v) is 11.8. The molecule has 0 saturated heterocycles. The topological polar surface area (TPSA) is 93.1 Å². The normalized spacial score (nSPS) is 21.3. The third-order valence-corrected chi connectivity index (χ3v) is 7.66. The number of fused-ring (bicyclic) bond motifs is 2. The molecule has 2 aromatic rings. The molecular weight excluding hydrogens is 404 g/mol. The summed E-state index contributed by atoms with van der Waals surface area (Å²) in [6.45, 7) is 1.48. The highest BCUT2D eigenvalue weighted by atomic mass is 32.2. The smallest absolute Gasteiger partial charge is 0.297 e. The molecule has 0 heterocycles. The molecule has 162 valence electrons. The van der Waals surface area contributed by atoms with Crippen molar-refractivity contribution in [3.05, 3.63) is 52.6 Å². The molecule has 5 rings (SSSR count). The van der Waals surface area contributed by atoms with Gasteiger partial charge in [-0.15, -0.1) is 0 Å². The van der Waals surface area contributed by atoms with Crippen LogP contribution in [0.15, 0.2) is 35.2 Å². The molecule has 1 unspecified atom stereocenters. The van der Waals surface area contributed by atoms with Crippen LogP contribution in [-0.2, 0) is 20.7 Å². The van der Waals surface area contributed by atoms with Crippen molar-refractivity contribution >= 4 is 10.1 Å². The third-order valence-electron chi connectivity index (χ3n) is 6.36. The van der Waals surface area contributed by atoms with E-state index in [0.717, 1.165) is 48.1 Å². The summed E-state index contributed by atoms with van der Waals surface area (Å²) in [6, 6.07) is 8.11. The number of phenolic OH excluding ortho intramolecular Hbond substituents is 1. The molecule has 6 nitrogen and oxygen atoms in total. The lowest BCUT2D eigenvalue weighted by Gasteiger charge is -2.40. The fraction of sp³-hybridized carbons (Fsp3) is 0.478. The van der Waals surface area contributed by atoms with E-state index in [9.17, 15) is 18.6 Å². The van der Waals surface area contributed by atoms with Gasteiger partial charge in [0.25, 0.3) is 10.1 Å². The van der Waals surface area contributed by atoms with Crippen molar-refractivity contribution in [3.8, 4) is 11.5 Å². The second kappa shape index (κ2) is 8.21. The minimum Gasteiger partial charge on any atom is -0.507 e. The summed E-state index contributed by atoms with van der Waals surface area (Å²) in [7, 11) is -2.34. The van der Waals surface area contributed by atoms with E-state index in [1.54, 1.807) is 25.3 Å². The fourth-order valence-corrected chi connectivity index (χ4v) is 5.76. The van der Waals surface area contributed by atoms with Gasteiger partial charge in [-0.1, -0.05) is 17.7 Å². The number of methoxy groups -OCH3 is 1. The summed E-state index contributed by atoms with van der Waals surface area (Å²) >= 11 is 0. The number of aryl methyl sites for hydroxylation is 1. The molecule has 1 atom stereocenters. The van der Waals surface area contributed by atoms with Gasteiger partial charge in [0.15, 0.2) is 0 Å². The van der Waals surface area contributed by atoms with Crippen molar-refractivity contribution in [3.63, 3.8) is 0 Å². The van der Waals surface area contributed by atoms with E-state index in [0.29, 0.717) is 17.4 Å². The maximum Gasteiger partial charge on any atom is 0.297 e. The first-order valence-electron chi connectivity index (χ1n) is 10.4. The van der Waals surface area contributed by atoms with Gasteiger partial charge >= 0.3 is 0 Å². The number of hydrogen-bond acceptors (Lipinski definition) is 6. The lowest BCUT2D eigenvalue weighted by Crippen LogP contribution is -2.24. The van der Waals surface area contributed by atoms with Crippen molar-refractivity contribution < 1.29 is 27.6 Å². The van der Waals surface area contributed by atoms with Gasteiger partial charge in [-0.3, -0.25) is 4.18 Å². The van der Waals surface area contributed by atoms with Gasteiger partial charge in [0.05, 0.1) is 24.7 Å². The van der Waals surface area contributed by atoms with Crippen molar-refractivity contribution in [1.29, 1.82) is 0 Å². The molecule has 2 N–H and O–H groups in total. The molecule has 0 radical (unpaired) electrons. The van der Waals surface area contributed by atoms with E-state index >= 15 is 0 Å². The third kappa shape index (κ3) is 3.94. The highest BCUT2D eigenvalue weighted by Crippen LogP contribution is 2.56. The Hall–Kier alpha value is -2.09. The molecule has 3 aliphatic rings. The summed E-state index contributed by atoms with van der Waals surface area (Å²) < 4.78 is 35.3. The average molecular weight is 433 g/mol. The zero-order chi connectivity index (χ0) is 21.5. The number of rotatable bonds is 7. The summed E-state index contributed by atoms with van der Waals surface area (Å²) in [4.78, 5) is 0.0506. The number of aliphatic hydroxyl groups excluding tert-OH is 1. The molecule has 7 heteroatoms. The van der Waals surface area contributed by atoms with Crippen LogP contribution in [0.3, 0.4) is 0 Å². The van der Waals surface area contributed by atoms with Crippen molar-refractivity contribution in [1.82, 2.24) is 0 Å². The Morgan fingerprint density at radius 1 is 1.07 bits per heavy atom. The lowest BCUT2D eigenvalue weighted by molar-refractivity contribution is 0.110. The van der Waals surface area contributed by atoms with Crippen LogP contribution in [0.4, 0.5) is 0 Å². The molecule has 30 heavy (non-hydrogen) atoms. The molecule has 1 fully saturated rings. The van der Waals surface area contributed by atoms with Crippen LogP contribution in [-0.4, -0.2) is 38.5 Å². The molecule has 1 saturated carbocycles. The second-order valence-electron chi connectivity index (χ2n) is 8.37. The molecule has 3 aliphatic carbocycles. The molecule has 2 aromatic carbocycles. The maximum atomic E-state index is 12.3. The Bertz CT molecular complexity index is 1020. The number of aromatic hydroxyl groups is 1. The van der Waals surface area contributed by atoms with Gasteiger partial charge in [0.1, 0.15) is 11.5 Å². The predicted octanol–water partition coefficient (Wildman–Crippen LogP) is 3.77. The number of hydrogen-bond donors (Lipinski definition) is 2. The molecular formula is C23H28O6S. The quantitative estimate of drug-likeness (QED) is 0.647. The Morgan fingerprint density at radius 2 is 1.67 bits per heavy atom. The molecule has 0 spiro atoms. The van der Waals surface area contributed by atoms with Crippen molar-refractivity contribution in [2.24, 2.45) is 0 Å². The highest BCUT2D eigenvalue weighted by molar-refractivity contribution is 7.86. The van der Waals surface area contributed by atoms with Crippen LogP contribution < -0.4 is 4.74 Å². The summed E-state index contributed by atoms with van der Waals surface area (Å²) in [5.74, 6) is 1.68. The van der Waals surface area contributed by atoms with Gasteiger partial charge in [-0.05, 0) is 62.6 Å². The standard InChI is InChI=1S/C23H28O6S/c1-14-3-9-19(10-4-14)30(26,27)29-13-18(24)11-17-12-20(28-2)21-15-5-7-16(8-6-15)22(21)23(17)25/h3-4,9-10,12,15-16,18,24-25H,5-8,11,13H2,1-2H3. The second-order valence-corrected chi connectivity index (χ2v) is 9.99. The number of ether oxygens (including phenoxy) is 1. The maximum absolute atomic E-state index is 12.3. The van der Waals surface area contributed by atoms with Gasteiger partial charge in [0, 0.05) is 23.1 Å². The van der Waals surface area contributed by atoms with Crippen LogP contribution >= 0.6 is 0 Å². The number of aliphatic hydroxyl groups is 1. The van der Waals surface area contributed by atoms with Crippen LogP contribution in [0.2, 0.25) is 0 Å². The number of phenols is 1. The van der Waals surface area contributed by atoms with Crippen LogP contribution in [0.5, 0.6) is 11.5 Å². The van der Waals surface area contributed by atoms with E-state index in [4.69, 9.17) is 8.92 Å². The van der Waals surface area contributed by atoms with Gasteiger partial charge in [-0.2, -0.15) is 8.42 Å². The molecule has 0 aromatic heterocycles. The predicted molar refractivity (Wildman–Crippen MR) is 113 cm³/mol. The minimum absolute atomic E-state index is 0.0506. The zero-order valence-corrected chi connectivity index (χ0v) is 18.1.